The zero-order valence-corrected chi connectivity index (χ0v) is 9.62. The minimum absolute atomic E-state index is 0.249. The van der Waals surface area contributed by atoms with Crippen LogP contribution in [-0.2, 0) is 6.42 Å². The lowest BCUT2D eigenvalue weighted by molar-refractivity contribution is -0.0397. The van der Waals surface area contributed by atoms with E-state index in [9.17, 15) is 8.78 Å². The summed E-state index contributed by atoms with van der Waals surface area (Å²) >= 11 is 16.0. The van der Waals surface area contributed by atoms with Gasteiger partial charge in [0.25, 0.3) is 0 Å². The van der Waals surface area contributed by atoms with E-state index in [4.69, 9.17) is 28.3 Å². The van der Waals surface area contributed by atoms with Crippen molar-refractivity contribution in [3.8, 4) is 0 Å². The van der Waals surface area contributed by atoms with Gasteiger partial charge in [-0.15, -0.1) is 0 Å². The van der Waals surface area contributed by atoms with E-state index in [1.807, 2.05) is 0 Å². The fourth-order valence-electron chi connectivity index (χ4n) is 1.01. The lowest BCUT2D eigenvalue weighted by Gasteiger charge is -2.15. The fourth-order valence-corrected chi connectivity index (χ4v) is 1.40. The predicted molar refractivity (Wildman–Crippen MR) is 57.0 cm³/mol. The van der Waals surface area contributed by atoms with Crippen molar-refractivity contribution in [2.24, 2.45) is 0 Å². The third kappa shape index (κ3) is 3.76. The highest BCUT2D eigenvalue weighted by Crippen LogP contribution is 2.28. The van der Waals surface area contributed by atoms with Crippen molar-refractivity contribution in [2.45, 2.75) is 17.9 Å². The average molecular weight is 276 g/mol. The van der Waals surface area contributed by atoms with Crippen molar-refractivity contribution in [1.29, 1.82) is 0 Å². The molecule has 1 aromatic carbocycles. The van der Waals surface area contributed by atoms with E-state index in [-0.39, 0.29) is 11.4 Å². The summed E-state index contributed by atoms with van der Waals surface area (Å²) in [6.07, 6.45) is -2.23. The number of alkyl halides is 3. The van der Waals surface area contributed by atoms with Crippen molar-refractivity contribution in [1.82, 2.24) is 0 Å². The molecule has 0 aliphatic rings. The van der Waals surface area contributed by atoms with Gasteiger partial charge >= 0.3 is 5.38 Å². The molecule has 6 heteroatoms. The monoisotopic (exact) mass is 274 g/mol. The first-order valence-electron chi connectivity index (χ1n) is 3.99. The Bertz CT molecular complexity index is 352. The summed E-state index contributed by atoms with van der Waals surface area (Å²) in [5.74, 6) is 0. The van der Waals surface area contributed by atoms with Crippen LogP contribution in [0.2, 0.25) is 10.0 Å². The molecule has 0 aliphatic heterocycles. The van der Waals surface area contributed by atoms with Crippen molar-refractivity contribution in [3.63, 3.8) is 0 Å². The van der Waals surface area contributed by atoms with E-state index in [1.54, 1.807) is 0 Å². The normalized spacial score (nSPS) is 14.0. The van der Waals surface area contributed by atoms with E-state index < -0.39 is 11.5 Å². The largest absolute Gasteiger partial charge is 0.385 e. The molecule has 0 saturated heterocycles. The highest BCUT2D eigenvalue weighted by atomic mass is 35.5. The zero-order chi connectivity index (χ0) is 11.6. The molecule has 0 bridgehead atoms. The van der Waals surface area contributed by atoms with Gasteiger partial charge in [-0.05, 0) is 29.3 Å². The first-order chi connectivity index (χ1) is 6.80. The van der Waals surface area contributed by atoms with Gasteiger partial charge in [0.1, 0.15) is 6.10 Å². The third-order valence-electron chi connectivity index (χ3n) is 1.79. The Morgan fingerprint density at radius 2 is 1.87 bits per heavy atom. The molecule has 0 aromatic heterocycles. The van der Waals surface area contributed by atoms with Gasteiger partial charge in [0.15, 0.2) is 0 Å². The number of halogens is 5. The van der Waals surface area contributed by atoms with Gasteiger partial charge in [0.05, 0.1) is 10.0 Å². The van der Waals surface area contributed by atoms with Crippen LogP contribution in [-0.4, -0.2) is 16.6 Å². The topological polar surface area (TPSA) is 20.2 Å². The maximum absolute atomic E-state index is 12.4. The van der Waals surface area contributed by atoms with Crippen LogP contribution in [0.5, 0.6) is 0 Å². The van der Waals surface area contributed by atoms with Gasteiger partial charge in [-0.2, -0.15) is 8.78 Å². The second-order valence-electron chi connectivity index (χ2n) is 3.01. The van der Waals surface area contributed by atoms with Gasteiger partial charge in [-0.3, -0.25) is 0 Å². The molecule has 1 aromatic rings. The molecule has 0 fully saturated rings. The lowest BCUT2D eigenvalue weighted by atomic mass is 10.1. The Morgan fingerprint density at radius 3 is 2.33 bits per heavy atom. The van der Waals surface area contributed by atoms with Crippen molar-refractivity contribution < 1.29 is 13.9 Å². The summed E-state index contributed by atoms with van der Waals surface area (Å²) < 4.78 is 24.9. The van der Waals surface area contributed by atoms with Gasteiger partial charge < -0.3 is 5.11 Å². The summed E-state index contributed by atoms with van der Waals surface area (Å²) in [6, 6.07) is 4.38. The van der Waals surface area contributed by atoms with E-state index in [1.165, 1.54) is 18.2 Å². The van der Waals surface area contributed by atoms with Gasteiger partial charge in [-0.25, -0.2) is 0 Å². The van der Waals surface area contributed by atoms with Crippen LogP contribution in [0.1, 0.15) is 5.56 Å². The summed E-state index contributed by atoms with van der Waals surface area (Å²) in [5, 5.41) is 5.97. The van der Waals surface area contributed by atoms with Crippen LogP contribution in [0.3, 0.4) is 0 Å². The van der Waals surface area contributed by atoms with Crippen LogP contribution >= 0.6 is 34.8 Å². The number of rotatable bonds is 3. The molecular weight excluding hydrogens is 268 g/mol. The molecule has 1 unspecified atom stereocenters. The molecular formula is C9H7Cl3F2O. The molecule has 1 atom stereocenters. The third-order valence-corrected chi connectivity index (χ3v) is 2.78. The SMILES string of the molecule is OC(Cc1ccc(Cl)c(Cl)c1)C(F)(F)Cl. The van der Waals surface area contributed by atoms with Crippen molar-refractivity contribution in [2.75, 3.05) is 0 Å². The first-order valence-corrected chi connectivity index (χ1v) is 5.13. The van der Waals surface area contributed by atoms with Gasteiger partial charge in [-0.1, -0.05) is 29.3 Å². The second kappa shape index (κ2) is 4.83. The molecule has 1 rings (SSSR count). The van der Waals surface area contributed by atoms with E-state index in [0.29, 0.717) is 10.6 Å². The quantitative estimate of drug-likeness (QED) is 0.834. The number of aliphatic hydroxyl groups is 1. The Kier molecular flexibility index (Phi) is 4.18. The summed E-state index contributed by atoms with van der Waals surface area (Å²) in [5.41, 5.74) is 0.442. The summed E-state index contributed by atoms with van der Waals surface area (Å²) in [6.45, 7) is 0. The highest BCUT2D eigenvalue weighted by Gasteiger charge is 2.35. The number of hydrogen-bond acceptors (Lipinski definition) is 1. The number of aliphatic hydroxyl groups excluding tert-OH is 1. The molecule has 0 aliphatic carbocycles. The Balaban J connectivity index is 2.78. The Hall–Kier alpha value is -0.0900. The molecule has 0 radical (unpaired) electrons. The lowest BCUT2D eigenvalue weighted by Crippen LogP contribution is -2.29. The van der Waals surface area contributed by atoms with Crippen molar-refractivity contribution in [3.05, 3.63) is 33.8 Å². The summed E-state index contributed by atoms with van der Waals surface area (Å²) in [7, 11) is 0. The van der Waals surface area contributed by atoms with Gasteiger partial charge in [0.2, 0.25) is 0 Å². The molecule has 0 spiro atoms. The zero-order valence-electron chi connectivity index (χ0n) is 7.35. The molecule has 0 amide bonds. The standard InChI is InChI=1S/C9H7Cl3F2O/c10-6-2-1-5(3-7(6)11)4-8(15)9(12,13)14/h1-3,8,15H,4H2. The minimum Gasteiger partial charge on any atom is -0.385 e. The molecule has 1 nitrogen and oxygen atoms in total. The number of hydrogen-bond donors (Lipinski definition) is 1. The second-order valence-corrected chi connectivity index (χ2v) is 4.33. The average Bonchev–Trinajstić information content (AvgIpc) is 2.10. The molecule has 1 N–H and O–H groups in total. The highest BCUT2D eigenvalue weighted by molar-refractivity contribution is 6.42. The van der Waals surface area contributed by atoms with Crippen LogP contribution < -0.4 is 0 Å². The maximum atomic E-state index is 12.4. The van der Waals surface area contributed by atoms with E-state index >= 15 is 0 Å². The molecule has 0 heterocycles. The van der Waals surface area contributed by atoms with Crippen LogP contribution in [0.15, 0.2) is 18.2 Å². The summed E-state index contributed by atoms with van der Waals surface area (Å²) in [4.78, 5) is 0. The smallest absolute Gasteiger partial charge is 0.347 e. The Morgan fingerprint density at radius 1 is 1.27 bits per heavy atom. The first kappa shape index (κ1) is 13.0. The van der Waals surface area contributed by atoms with E-state index in [0.717, 1.165) is 0 Å². The molecule has 84 valence electrons. The van der Waals surface area contributed by atoms with Crippen molar-refractivity contribution >= 4 is 34.8 Å². The number of benzene rings is 1. The maximum Gasteiger partial charge on any atom is 0.347 e. The fraction of sp³-hybridized carbons (Fsp3) is 0.333. The predicted octanol–water partition coefficient (Wildman–Crippen LogP) is 3.73. The minimum atomic E-state index is -3.65. The Labute approximate surface area is 101 Å². The van der Waals surface area contributed by atoms with Crippen LogP contribution in [0.25, 0.3) is 0 Å². The molecule has 0 saturated carbocycles. The van der Waals surface area contributed by atoms with E-state index in [2.05, 4.69) is 11.6 Å². The van der Waals surface area contributed by atoms with Crippen LogP contribution in [0.4, 0.5) is 8.78 Å². The van der Waals surface area contributed by atoms with Crippen LogP contribution in [0, 0.1) is 0 Å². The molecule has 15 heavy (non-hydrogen) atoms. The van der Waals surface area contributed by atoms with Gasteiger partial charge in [0, 0.05) is 6.42 Å².